The van der Waals surface area contributed by atoms with Crippen molar-refractivity contribution in [3.05, 3.63) is 23.2 Å². The molecular weight excluding hydrogens is 374 g/mol. The first-order chi connectivity index (χ1) is 12.2. The van der Waals surface area contributed by atoms with Gasteiger partial charge in [-0.15, -0.1) is 0 Å². The SMILES string of the molecule is CC(C)(C)OC(=O)N1CCCC[C@H]1C(=O)Nc1nc2c(Cl)cccc2s1. The Bertz CT molecular complexity index is 831. The van der Waals surface area contributed by atoms with Crippen LogP contribution in [0.1, 0.15) is 40.0 Å². The maximum Gasteiger partial charge on any atom is 0.410 e. The molecule has 0 bridgehead atoms. The quantitative estimate of drug-likeness (QED) is 0.801. The number of benzene rings is 1. The van der Waals surface area contributed by atoms with E-state index in [2.05, 4.69) is 10.3 Å². The van der Waals surface area contributed by atoms with Crippen LogP contribution in [0, 0.1) is 0 Å². The molecule has 1 atom stereocenters. The molecule has 26 heavy (non-hydrogen) atoms. The largest absolute Gasteiger partial charge is 0.444 e. The summed E-state index contributed by atoms with van der Waals surface area (Å²) in [4.78, 5) is 31.2. The molecule has 1 aliphatic rings. The Morgan fingerprint density at radius 1 is 1.35 bits per heavy atom. The number of fused-ring (bicyclic) bond motifs is 1. The van der Waals surface area contributed by atoms with Crippen molar-refractivity contribution in [3.8, 4) is 0 Å². The Kier molecular flexibility index (Phi) is 5.39. The summed E-state index contributed by atoms with van der Waals surface area (Å²) in [5.41, 5.74) is 0.0707. The lowest BCUT2D eigenvalue weighted by atomic mass is 10.0. The number of anilines is 1. The van der Waals surface area contributed by atoms with E-state index in [9.17, 15) is 9.59 Å². The van der Waals surface area contributed by atoms with E-state index in [1.807, 2.05) is 32.9 Å². The monoisotopic (exact) mass is 395 g/mol. The molecule has 1 aliphatic heterocycles. The fourth-order valence-electron chi connectivity index (χ4n) is 2.90. The number of nitrogens with zero attached hydrogens (tertiary/aromatic N) is 2. The highest BCUT2D eigenvalue weighted by Crippen LogP contribution is 2.31. The highest BCUT2D eigenvalue weighted by Gasteiger charge is 2.35. The molecule has 3 rings (SSSR count). The van der Waals surface area contributed by atoms with Crippen molar-refractivity contribution in [2.75, 3.05) is 11.9 Å². The van der Waals surface area contributed by atoms with Crippen LogP contribution in [0.25, 0.3) is 10.2 Å². The van der Waals surface area contributed by atoms with Gasteiger partial charge in [-0.25, -0.2) is 9.78 Å². The number of halogens is 1. The summed E-state index contributed by atoms with van der Waals surface area (Å²) in [5.74, 6) is -0.245. The Morgan fingerprint density at radius 2 is 2.12 bits per heavy atom. The van der Waals surface area contributed by atoms with Crippen LogP contribution in [0.15, 0.2) is 18.2 Å². The summed E-state index contributed by atoms with van der Waals surface area (Å²) in [6, 6.07) is 4.96. The van der Waals surface area contributed by atoms with Gasteiger partial charge in [0.2, 0.25) is 5.91 Å². The standard InChI is InChI=1S/C18H22ClN3O3S/c1-18(2,3)25-17(24)22-10-5-4-8-12(22)15(23)21-16-20-14-11(19)7-6-9-13(14)26-16/h6-7,9,12H,4-5,8,10H2,1-3H3,(H,20,21,23)/t12-/m0/s1. The number of likely N-dealkylation sites (tertiary alicyclic amines) is 1. The summed E-state index contributed by atoms with van der Waals surface area (Å²) in [7, 11) is 0. The molecule has 2 aromatic rings. The first kappa shape index (κ1) is 18.9. The van der Waals surface area contributed by atoms with E-state index in [0.717, 1.165) is 17.5 Å². The van der Waals surface area contributed by atoms with Gasteiger partial charge in [0.15, 0.2) is 5.13 Å². The van der Waals surface area contributed by atoms with Crippen LogP contribution in [0.4, 0.5) is 9.93 Å². The van der Waals surface area contributed by atoms with Crippen molar-refractivity contribution in [1.29, 1.82) is 0 Å². The molecule has 0 unspecified atom stereocenters. The van der Waals surface area contributed by atoms with Gasteiger partial charge < -0.3 is 10.1 Å². The van der Waals surface area contributed by atoms with Crippen LogP contribution < -0.4 is 5.32 Å². The van der Waals surface area contributed by atoms with Gasteiger partial charge in [-0.2, -0.15) is 0 Å². The second-order valence-corrected chi connectivity index (χ2v) is 8.72. The van der Waals surface area contributed by atoms with Gasteiger partial charge in [-0.3, -0.25) is 9.69 Å². The van der Waals surface area contributed by atoms with Crippen molar-refractivity contribution in [1.82, 2.24) is 9.88 Å². The van der Waals surface area contributed by atoms with Crippen LogP contribution in [0.5, 0.6) is 0 Å². The van der Waals surface area contributed by atoms with Gasteiger partial charge in [-0.1, -0.05) is 29.0 Å². The summed E-state index contributed by atoms with van der Waals surface area (Å²) in [5, 5.41) is 3.86. The van der Waals surface area contributed by atoms with E-state index in [1.54, 1.807) is 6.07 Å². The second kappa shape index (κ2) is 7.40. The molecule has 0 aliphatic carbocycles. The topological polar surface area (TPSA) is 71.5 Å². The predicted octanol–water partition coefficient (Wildman–Crippen LogP) is 4.68. The van der Waals surface area contributed by atoms with Crippen molar-refractivity contribution in [2.45, 2.75) is 51.7 Å². The Morgan fingerprint density at radius 3 is 2.81 bits per heavy atom. The van der Waals surface area contributed by atoms with E-state index >= 15 is 0 Å². The van der Waals surface area contributed by atoms with Crippen molar-refractivity contribution < 1.29 is 14.3 Å². The van der Waals surface area contributed by atoms with Crippen LogP contribution in [-0.2, 0) is 9.53 Å². The van der Waals surface area contributed by atoms with E-state index in [1.165, 1.54) is 16.2 Å². The van der Waals surface area contributed by atoms with Gasteiger partial charge in [0, 0.05) is 6.54 Å². The number of para-hydroxylation sites is 1. The summed E-state index contributed by atoms with van der Waals surface area (Å²) >= 11 is 7.51. The van der Waals surface area contributed by atoms with Crippen molar-refractivity contribution >= 4 is 50.3 Å². The number of ether oxygens (including phenoxy) is 1. The van der Waals surface area contributed by atoms with Gasteiger partial charge in [0.1, 0.15) is 17.2 Å². The van der Waals surface area contributed by atoms with Crippen LogP contribution in [0.3, 0.4) is 0 Å². The van der Waals surface area contributed by atoms with E-state index < -0.39 is 17.7 Å². The molecular formula is C18H22ClN3O3S. The van der Waals surface area contributed by atoms with Gasteiger partial charge in [-0.05, 0) is 52.2 Å². The first-order valence-electron chi connectivity index (χ1n) is 8.60. The highest BCUT2D eigenvalue weighted by atomic mass is 35.5. The third-order valence-electron chi connectivity index (χ3n) is 4.03. The number of nitrogens with one attached hydrogen (secondary N) is 1. The number of piperidine rings is 1. The molecule has 8 heteroatoms. The van der Waals surface area contributed by atoms with Crippen LogP contribution in [0.2, 0.25) is 5.02 Å². The molecule has 2 heterocycles. The zero-order valence-electron chi connectivity index (χ0n) is 15.0. The Labute approximate surface area is 161 Å². The fraction of sp³-hybridized carbons (Fsp3) is 0.500. The summed E-state index contributed by atoms with van der Waals surface area (Å²) in [6.45, 7) is 5.96. The van der Waals surface area contributed by atoms with Gasteiger partial charge in [0.25, 0.3) is 0 Å². The van der Waals surface area contributed by atoms with Crippen LogP contribution in [-0.4, -0.2) is 40.1 Å². The number of carbonyl (C=O) groups is 2. The molecule has 0 radical (unpaired) electrons. The molecule has 0 saturated carbocycles. The molecule has 1 fully saturated rings. The Balaban J connectivity index is 1.75. The molecule has 2 amide bonds. The maximum absolute atomic E-state index is 12.8. The minimum atomic E-state index is -0.598. The number of hydrogen-bond donors (Lipinski definition) is 1. The van der Waals surface area contributed by atoms with E-state index in [0.29, 0.717) is 28.6 Å². The molecule has 6 nitrogen and oxygen atoms in total. The number of thiazole rings is 1. The van der Waals surface area contributed by atoms with Crippen molar-refractivity contribution in [3.63, 3.8) is 0 Å². The number of aromatic nitrogens is 1. The second-order valence-electron chi connectivity index (χ2n) is 7.28. The zero-order chi connectivity index (χ0) is 18.9. The average molecular weight is 396 g/mol. The zero-order valence-corrected chi connectivity index (χ0v) is 16.6. The number of rotatable bonds is 2. The maximum atomic E-state index is 12.8. The lowest BCUT2D eigenvalue weighted by Gasteiger charge is -2.35. The summed E-state index contributed by atoms with van der Waals surface area (Å²) in [6.07, 6.45) is 1.91. The lowest BCUT2D eigenvalue weighted by Crippen LogP contribution is -2.51. The third kappa shape index (κ3) is 4.27. The molecule has 1 saturated heterocycles. The third-order valence-corrected chi connectivity index (χ3v) is 5.27. The van der Waals surface area contributed by atoms with Crippen LogP contribution >= 0.6 is 22.9 Å². The minimum Gasteiger partial charge on any atom is -0.444 e. The smallest absolute Gasteiger partial charge is 0.410 e. The lowest BCUT2D eigenvalue weighted by molar-refractivity contribution is -0.122. The molecule has 1 N–H and O–H groups in total. The summed E-state index contributed by atoms with van der Waals surface area (Å²) < 4.78 is 6.35. The van der Waals surface area contributed by atoms with Crippen molar-refractivity contribution in [2.24, 2.45) is 0 Å². The van der Waals surface area contributed by atoms with Gasteiger partial charge >= 0.3 is 6.09 Å². The van der Waals surface area contributed by atoms with E-state index in [-0.39, 0.29) is 5.91 Å². The number of hydrogen-bond acceptors (Lipinski definition) is 5. The predicted molar refractivity (Wildman–Crippen MR) is 104 cm³/mol. The first-order valence-corrected chi connectivity index (χ1v) is 9.79. The molecule has 1 aromatic heterocycles. The van der Waals surface area contributed by atoms with Gasteiger partial charge in [0.05, 0.1) is 9.72 Å². The fourth-order valence-corrected chi connectivity index (χ4v) is 4.07. The highest BCUT2D eigenvalue weighted by molar-refractivity contribution is 7.22. The van der Waals surface area contributed by atoms with E-state index in [4.69, 9.17) is 16.3 Å². The molecule has 0 spiro atoms. The number of carbonyl (C=O) groups excluding carboxylic acids is 2. The molecule has 140 valence electrons. The number of amides is 2. The minimum absolute atomic E-state index is 0.245. The normalized spacial score (nSPS) is 18.0. The Hall–Kier alpha value is -1.86. The average Bonchev–Trinajstić information content (AvgIpc) is 2.97. The molecule has 1 aromatic carbocycles.